The largest absolute Gasteiger partial charge is 0.361 e. The van der Waals surface area contributed by atoms with Crippen LogP contribution in [0.3, 0.4) is 0 Å². The van der Waals surface area contributed by atoms with Gasteiger partial charge in [0.05, 0.1) is 0 Å². The number of hydrogen-bond acceptors (Lipinski definition) is 3. The number of amides is 3. The quantitative estimate of drug-likeness (QED) is 0.251. The number of rotatable bonds is 8. The Hall–Kier alpha value is -3.81. The number of aromatic amines is 1. The summed E-state index contributed by atoms with van der Waals surface area (Å²) in [4.78, 5) is 37.6. The number of carbonyl (C=O) groups is 2. The van der Waals surface area contributed by atoms with Gasteiger partial charge in [-0.05, 0) is 92.6 Å². The van der Waals surface area contributed by atoms with Gasteiger partial charge < -0.3 is 25.0 Å². The molecular weight excluding hydrogens is 570 g/mol. The SMILES string of the molecule is CN(C)C[C@H]1Cc2cc(Cl)ccc2N(C(=O)[C@@H](Cc2c[nH]c3ccccc23)NC(=O)N2CCC(Cc3ccccc3)CC2)C1. The van der Waals surface area contributed by atoms with Crippen LogP contribution in [0.1, 0.15) is 29.5 Å². The van der Waals surface area contributed by atoms with Gasteiger partial charge in [0.1, 0.15) is 6.04 Å². The number of carbonyl (C=O) groups excluding carboxylic acids is 2. The number of hydrogen-bond donors (Lipinski definition) is 2. The van der Waals surface area contributed by atoms with Gasteiger partial charge in [-0.3, -0.25) is 4.79 Å². The van der Waals surface area contributed by atoms with Gasteiger partial charge in [0.25, 0.3) is 0 Å². The van der Waals surface area contributed by atoms with Gasteiger partial charge in [0, 0.05) is 60.4 Å². The number of nitrogens with zero attached hydrogens (tertiary/aromatic N) is 3. The number of H-pyrrole nitrogens is 1. The van der Waals surface area contributed by atoms with Gasteiger partial charge in [0.15, 0.2) is 0 Å². The first-order chi connectivity index (χ1) is 21.3. The molecule has 3 amide bonds. The lowest BCUT2D eigenvalue weighted by atomic mass is 9.90. The summed E-state index contributed by atoms with van der Waals surface area (Å²) in [7, 11) is 4.12. The lowest BCUT2D eigenvalue weighted by Crippen LogP contribution is -2.56. The van der Waals surface area contributed by atoms with Crippen LogP contribution in [0.15, 0.2) is 79.0 Å². The van der Waals surface area contributed by atoms with Crippen molar-refractivity contribution in [3.63, 3.8) is 0 Å². The zero-order chi connectivity index (χ0) is 30.6. The van der Waals surface area contributed by atoms with E-state index in [-0.39, 0.29) is 17.9 Å². The van der Waals surface area contributed by atoms with Crippen LogP contribution in [-0.4, -0.2) is 73.0 Å². The fourth-order valence-corrected chi connectivity index (χ4v) is 7.19. The molecule has 0 bridgehead atoms. The van der Waals surface area contributed by atoms with E-state index < -0.39 is 6.04 Å². The van der Waals surface area contributed by atoms with Crippen molar-refractivity contribution < 1.29 is 9.59 Å². The van der Waals surface area contributed by atoms with E-state index in [1.54, 1.807) is 0 Å². The number of anilines is 1. The molecule has 3 aromatic carbocycles. The third-order valence-electron chi connectivity index (χ3n) is 9.13. The monoisotopic (exact) mass is 611 g/mol. The highest BCUT2D eigenvalue weighted by molar-refractivity contribution is 6.30. The molecule has 230 valence electrons. The first-order valence-corrected chi connectivity index (χ1v) is 16.1. The highest BCUT2D eigenvalue weighted by Gasteiger charge is 2.35. The van der Waals surface area contributed by atoms with Gasteiger partial charge in [-0.25, -0.2) is 4.79 Å². The van der Waals surface area contributed by atoms with Crippen LogP contribution in [0.5, 0.6) is 0 Å². The van der Waals surface area contributed by atoms with E-state index in [4.69, 9.17) is 11.6 Å². The molecule has 44 heavy (non-hydrogen) atoms. The molecule has 2 aliphatic rings. The van der Waals surface area contributed by atoms with Crippen LogP contribution in [0, 0.1) is 11.8 Å². The lowest BCUT2D eigenvalue weighted by Gasteiger charge is -2.38. The maximum absolute atomic E-state index is 14.5. The van der Waals surface area contributed by atoms with Gasteiger partial charge in [-0.15, -0.1) is 0 Å². The number of likely N-dealkylation sites (tertiary alicyclic amines) is 1. The summed E-state index contributed by atoms with van der Waals surface area (Å²) in [6, 6.07) is 23.6. The Morgan fingerprint density at radius 2 is 1.75 bits per heavy atom. The lowest BCUT2D eigenvalue weighted by molar-refractivity contribution is -0.120. The second kappa shape index (κ2) is 13.4. The standard InChI is InChI=1S/C36H42ClN5O2/c1-40(2)23-27-19-28-20-30(37)12-13-34(28)42(24-27)35(43)33(21-29-22-38-32-11-7-6-10-31(29)32)39-36(44)41-16-14-26(15-17-41)18-25-8-4-3-5-9-25/h3-13,20,22,26-27,33,38H,14-19,21,23-24H2,1-2H3,(H,39,44)/t27-,33-/m1/s1. The third kappa shape index (κ3) is 6.95. The fraction of sp³-hybridized carbons (Fsp3) is 0.389. The van der Waals surface area contributed by atoms with E-state index in [9.17, 15) is 9.59 Å². The molecule has 0 radical (unpaired) electrons. The average molecular weight is 612 g/mol. The number of para-hydroxylation sites is 1. The van der Waals surface area contributed by atoms with Gasteiger partial charge in [-0.1, -0.05) is 60.1 Å². The van der Waals surface area contributed by atoms with Crippen molar-refractivity contribution in [3.8, 4) is 0 Å². The number of halogens is 1. The number of benzene rings is 3. The zero-order valence-corrected chi connectivity index (χ0v) is 26.4. The van der Waals surface area contributed by atoms with Crippen molar-refractivity contribution >= 4 is 40.1 Å². The average Bonchev–Trinajstić information content (AvgIpc) is 3.43. The highest BCUT2D eigenvalue weighted by atomic mass is 35.5. The molecular formula is C36H42ClN5O2. The Labute approximate surface area is 265 Å². The summed E-state index contributed by atoms with van der Waals surface area (Å²) in [6.07, 6.45) is 6.16. The summed E-state index contributed by atoms with van der Waals surface area (Å²) < 4.78 is 0. The normalized spacial score (nSPS) is 18.0. The summed E-state index contributed by atoms with van der Waals surface area (Å²) in [5, 5.41) is 4.93. The molecule has 0 saturated carbocycles. The van der Waals surface area contributed by atoms with E-state index >= 15 is 0 Å². The van der Waals surface area contributed by atoms with Gasteiger partial charge >= 0.3 is 6.03 Å². The third-order valence-corrected chi connectivity index (χ3v) is 9.37. The Morgan fingerprint density at radius 1 is 1.00 bits per heavy atom. The molecule has 2 atom stereocenters. The molecule has 2 aliphatic heterocycles. The van der Waals surface area contributed by atoms with Gasteiger partial charge in [0.2, 0.25) is 5.91 Å². The Kier molecular flexibility index (Phi) is 9.24. The van der Waals surface area contributed by atoms with E-state index in [2.05, 4.69) is 59.6 Å². The van der Waals surface area contributed by atoms with Crippen LogP contribution >= 0.6 is 11.6 Å². The number of piperidine rings is 1. The highest BCUT2D eigenvalue weighted by Crippen LogP contribution is 2.33. The predicted molar refractivity (Wildman–Crippen MR) is 178 cm³/mol. The molecule has 0 aliphatic carbocycles. The summed E-state index contributed by atoms with van der Waals surface area (Å²) in [5.41, 5.74) is 5.33. The van der Waals surface area contributed by atoms with Crippen LogP contribution in [0.4, 0.5) is 10.5 Å². The summed E-state index contributed by atoms with van der Waals surface area (Å²) >= 11 is 6.40. The molecule has 2 N–H and O–H groups in total. The summed E-state index contributed by atoms with van der Waals surface area (Å²) in [6.45, 7) is 2.82. The van der Waals surface area contributed by atoms with Crippen LogP contribution in [0.25, 0.3) is 10.9 Å². The molecule has 6 rings (SSSR count). The Morgan fingerprint density at radius 3 is 2.52 bits per heavy atom. The molecule has 4 aromatic rings. The van der Waals surface area contributed by atoms with Gasteiger partial charge in [-0.2, -0.15) is 0 Å². The molecule has 0 spiro atoms. The number of urea groups is 1. The van der Waals surface area contributed by atoms with E-state index in [0.717, 1.165) is 59.9 Å². The van der Waals surface area contributed by atoms with Crippen molar-refractivity contribution in [2.75, 3.05) is 45.2 Å². The summed E-state index contributed by atoms with van der Waals surface area (Å²) in [5.74, 6) is 0.720. The number of fused-ring (bicyclic) bond motifs is 2. The fourth-order valence-electron chi connectivity index (χ4n) is 7.00. The molecule has 7 nitrogen and oxygen atoms in total. The number of nitrogens with one attached hydrogen (secondary N) is 2. The van der Waals surface area contributed by atoms with Crippen molar-refractivity contribution in [1.82, 2.24) is 20.1 Å². The van der Waals surface area contributed by atoms with Crippen molar-refractivity contribution in [3.05, 3.63) is 101 Å². The minimum atomic E-state index is -0.717. The van der Waals surface area contributed by atoms with Crippen LogP contribution in [-0.2, 0) is 24.1 Å². The maximum Gasteiger partial charge on any atom is 0.318 e. The van der Waals surface area contributed by atoms with E-state index in [0.29, 0.717) is 37.0 Å². The van der Waals surface area contributed by atoms with Crippen LogP contribution < -0.4 is 10.2 Å². The number of aromatic nitrogens is 1. The minimum Gasteiger partial charge on any atom is -0.361 e. The van der Waals surface area contributed by atoms with E-state index in [1.165, 1.54) is 5.56 Å². The van der Waals surface area contributed by atoms with Crippen molar-refractivity contribution in [1.29, 1.82) is 0 Å². The smallest absolute Gasteiger partial charge is 0.318 e. The van der Waals surface area contributed by atoms with E-state index in [1.807, 2.05) is 58.5 Å². The maximum atomic E-state index is 14.5. The first-order valence-electron chi connectivity index (χ1n) is 15.7. The molecule has 1 fully saturated rings. The van der Waals surface area contributed by atoms with Crippen molar-refractivity contribution in [2.45, 2.75) is 38.1 Å². The zero-order valence-electron chi connectivity index (χ0n) is 25.6. The second-order valence-electron chi connectivity index (χ2n) is 12.7. The molecule has 8 heteroatoms. The molecule has 0 unspecified atom stereocenters. The second-order valence-corrected chi connectivity index (χ2v) is 13.2. The minimum absolute atomic E-state index is 0.0883. The van der Waals surface area contributed by atoms with Crippen LogP contribution in [0.2, 0.25) is 5.02 Å². The molecule has 3 heterocycles. The topological polar surface area (TPSA) is 71.7 Å². The Bertz CT molecular complexity index is 1590. The Balaban J connectivity index is 1.22. The predicted octanol–water partition coefficient (Wildman–Crippen LogP) is 6.16. The first kappa shape index (κ1) is 30.2. The molecule has 1 aromatic heterocycles. The molecule has 1 saturated heterocycles. The van der Waals surface area contributed by atoms with Crippen molar-refractivity contribution in [2.24, 2.45) is 11.8 Å².